The topological polar surface area (TPSA) is 35.6 Å². The number of hydrogen-bond acceptors (Lipinski definition) is 2. The van der Waals surface area contributed by atoms with E-state index in [0.717, 1.165) is 18.6 Å². The zero-order valence-corrected chi connectivity index (χ0v) is 16.5. The van der Waals surface area contributed by atoms with Crippen molar-refractivity contribution in [2.24, 2.45) is 0 Å². The number of nitrogens with one attached hydrogen (secondary N) is 1. The number of halogens is 4. The van der Waals surface area contributed by atoms with Gasteiger partial charge in [0, 0.05) is 36.9 Å². The predicted molar refractivity (Wildman–Crippen MR) is 106 cm³/mol. The van der Waals surface area contributed by atoms with Crippen LogP contribution in [-0.4, -0.2) is 47.0 Å². The van der Waals surface area contributed by atoms with Crippen molar-refractivity contribution in [3.63, 3.8) is 0 Å². The molecule has 2 heterocycles. The molecule has 2 aliphatic rings. The molecule has 4 rings (SSSR count). The van der Waals surface area contributed by atoms with E-state index in [2.05, 4.69) is 17.1 Å². The summed E-state index contributed by atoms with van der Waals surface area (Å²) in [6, 6.07) is 11.3. The van der Waals surface area contributed by atoms with Crippen molar-refractivity contribution in [2.75, 3.05) is 18.4 Å². The maximum absolute atomic E-state index is 13.9. The minimum Gasteiger partial charge on any atom is -0.319 e. The minimum absolute atomic E-state index is 0.0486. The Morgan fingerprint density at radius 2 is 1.80 bits per heavy atom. The molecule has 4 nitrogen and oxygen atoms in total. The normalized spacial score (nSPS) is 22.4. The van der Waals surface area contributed by atoms with Crippen LogP contribution in [0, 0.1) is 5.82 Å². The van der Waals surface area contributed by atoms with Crippen LogP contribution in [0.4, 0.5) is 28.0 Å². The number of rotatable bonds is 4. The van der Waals surface area contributed by atoms with Crippen molar-refractivity contribution in [1.29, 1.82) is 0 Å². The molecular formula is C22H23F4N3O. The van der Waals surface area contributed by atoms with Crippen LogP contribution >= 0.6 is 0 Å². The van der Waals surface area contributed by atoms with Gasteiger partial charge in [0.1, 0.15) is 5.82 Å². The van der Waals surface area contributed by atoms with Gasteiger partial charge >= 0.3 is 12.2 Å². The Hall–Kier alpha value is -2.61. The average Bonchev–Trinajstić information content (AvgIpc) is 3.30. The fourth-order valence-electron chi connectivity index (χ4n) is 4.52. The molecular weight excluding hydrogens is 398 g/mol. The summed E-state index contributed by atoms with van der Waals surface area (Å²) in [6.45, 7) is 3.33. The van der Waals surface area contributed by atoms with Crippen LogP contribution in [0.15, 0.2) is 48.5 Å². The number of likely N-dealkylation sites (tertiary alicyclic amines) is 2. The molecule has 2 saturated heterocycles. The van der Waals surface area contributed by atoms with Gasteiger partial charge in [-0.3, -0.25) is 4.90 Å². The monoisotopic (exact) mass is 421 g/mol. The summed E-state index contributed by atoms with van der Waals surface area (Å²) >= 11 is 0. The Labute approximate surface area is 172 Å². The van der Waals surface area contributed by atoms with E-state index in [1.165, 1.54) is 18.2 Å². The third kappa shape index (κ3) is 4.14. The first-order valence-corrected chi connectivity index (χ1v) is 9.96. The Morgan fingerprint density at radius 1 is 1.10 bits per heavy atom. The number of alkyl halides is 3. The van der Waals surface area contributed by atoms with Gasteiger partial charge in [0.25, 0.3) is 0 Å². The van der Waals surface area contributed by atoms with E-state index in [1.807, 2.05) is 6.07 Å². The first-order chi connectivity index (χ1) is 14.2. The summed E-state index contributed by atoms with van der Waals surface area (Å²) < 4.78 is 52.0. The number of carbonyl (C=O) groups is 1. The maximum atomic E-state index is 13.9. The lowest BCUT2D eigenvalue weighted by molar-refractivity contribution is -0.137. The van der Waals surface area contributed by atoms with Crippen LogP contribution in [0.1, 0.15) is 24.5 Å². The van der Waals surface area contributed by atoms with Gasteiger partial charge in [-0.05, 0) is 55.7 Å². The first-order valence-electron chi connectivity index (χ1n) is 9.96. The van der Waals surface area contributed by atoms with E-state index in [4.69, 9.17) is 0 Å². The van der Waals surface area contributed by atoms with Crippen LogP contribution in [0.3, 0.4) is 0 Å². The van der Waals surface area contributed by atoms with Gasteiger partial charge in [-0.15, -0.1) is 0 Å². The van der Waals surface area contributed by atoms with Gasteiger partial charge in [0.2, 0.25) is 0 Å². The van der Waals surface area contributed by atoms with Gasteiger partial charge in [-0.2, -0.15) is 13.2 Å². The molecule has 8 heteroatoms. The van der Waals surface area contributed by atoms with Crippen LogP contribution in [-0.2, 0) is 12.6 Å². The maximum Gasteiger partial charge on any atom is 0.416 e. The molecule has 2 aliphatic heterocycles. The predicted octanol–water partition coefficient (Wildman–Crippen LogP) is 4.77. The highest BCUT2D eigenvalue weighted by Gasteiger charge is 2.46. The van der Waals surface area contributed by atoms with Gasteiger partial charge in [0.15, 0.2) is 0 Å². The number of carbonyl (C=O) groups excluding carboxylic acids is 1. The Balaban J connectivity index is 1.34. The number of benzene rings is 2. The van der Waals surface area contributed by atoms with E-state index in [9.17, 15) is 22.4 Å². The lowest BCUT2D eigenvalue weighted by Crippen LogP contribution is -2.52. The van der Waals surface area contributed by atoms with Crippen LogP contribution in [0.5, 0.6) is 0 Å². The highest BCUT2D eigenvalue weighted by Crippen LogP contribution is 2.34. The number of amides is 2. The summed E-state index contributed by atoms with van der Waals surface area (Å²) in [7, 11) is 0. The Bertz CT molecular complexity index is 915. The average molecular weight is 421 g/mol. The molecule has 2 fully saturated rings. The summed E-state index contributed by atoms with van der Waals surface area (Å²) in [4.78, 5) is 16.7. The van der Waals surface area contributed by atoms with Crippen molar-refractivity contribution in [2.45, 2.75) is 44.1 Å². The van der Waals surface area contributed by atoms with Gasteiger partial charge < -0.3 is 10.2 Å². The molecule has 3 unspecified atom stereocenters. The smallest absolute Gasteiger partial charge is 0.319 e. The molecule has 2 aromatic rings. The molecule has 1 N–H and O–H groups in total. The number of nitrogens with zero attached hydrogens (tertiary/aromatic N) is 2. The van der Waals surface area contributed by atoms with Crippen LogP contribution < -0.4 is 5.32 Å². The van der Waals surface area contributed by atoms with E-state index in [1.54, 1.807) is 17.0 Å². The summed E-state index contributed by atoms with van der Waals surface area (Å²) in [5.74, 6) is -0.203. The van der Waals surface area contributed by atoms with Gasteiger partial charge in [-0.1, -0.05) is 18.2 Å². The molecule has 2 bridgehead atoms. The molecule has 3 atom stereocenters. The lowest BCUT2D eigenvalue weighted by atomic mass is 10.0. The third-order valence-corrected chi connectivity index (χ3v) is 6.05. The van der Waals surface area contributed by atoms with E-state index in [0.29, 0.717) is 30.8 Å². The molecule has 0 aromatic heterocycles. The molecule has 160 valence electrons. The van der Waals surface area contributed by atoms with Crippen molar-refractivity contribution in [3.8, 4) is 0 Å². The highest BCUT2D eigenvalue weighted by atomic mass is 19.4. The second kappa shape index (κ2) is 7.91. The van der Waals surface area contributed by atoms with Crippen molar-refractivity contribution in [3.05, 3.63) is 65.5 Å². The Morgan fingerprint density at radius 3 is 2.40 bits per heavy atom. The SMILES string of the molecule is CC(Cc1ccccc1F)N1CC2CC1CN2C(=O)Nc1ccc(C(F)(F)F)cc1. The van der Waals surface area contributed by atoms with E-state index < -0.39 is 11.7 Å². The number of hydrogen-bond donors (Lipinski definition) is 1. The van der Waals surface area contributed by atoms with E-state index >= 15 is 0 Å². The first kappa shape index (κ1) is 20.7. The quantitative estimate of drug-likeness (QED) is 0.723. The number of fused-ring (bicyclic) bond motifs is 2. The molecule has 30 heavy (non-hydrogen) atoms. The summed E-state index contributed by atoms with van der Waals surface area (Å²) in [6.07, 6.45) is -2.95. The molecule has 0 saturated carbocycles. The second-order valence-electron chi connectivity index (χ2n) is 8.04. The molecule has 0 aliphatic carbocycles. The zero-order valence-electron chi connectivity index (χ0n) is 16.5. The third-order valence-electron chi connectivity index (χ3n) is 6.05. The summed E-state index contributed by atoms with van der Waals surface area (Å²) in [5.41, 5.74) is 0.269. The zero-order chi connectivity index (χ0) is 21.5. The largest absolute Gasteiger partial charge is 0.416 e. The van der Waals surface area contributed by atoms with Crippen molar-refractivity contribution >= 4 is 11.7 Å². The molecule has 2 amide bonds. The standard InChI is InChI=1S/C22H23F4N3O/c1-14(10-15-4-2-3-5-20(15)23)28-12-19-11-18(28)13-29(19)21(30)27-17-8-6-16(7-9-17)22(24,25)26/h2-9,14,18-19H,10-13H2,1H3,(H,27,30). The molecule has 2 aromatic carbocycles. The van der Waals surface area contributed by atoms with Gasteiger partial charge in [0.05, 0.1) is 5.56 Å². The lowest BCUT2D eigenvalue weighted by Gasteiger charge is -2.37. The number of piperazine rings is 1. The van der Waals surface area contributed by atoms with Crippen molar-refractivity contribution < 1.29 is 22.4 Å². The summed E-state index contributed by atoms with van der Waals surface area (Å²) in [5, 5.41) is 2.69. The fourth-order valence-corrected chi connectivity index (χ4v) is 4.52. The fraction of sp³-hybridized carbons (Fsp3) is 0.409. The van der Waals surface area contributed by atoms with Crippen LogP contribution in [0.25, 0.3) is 0 Å². The molecule has 0 radical (unpaired) electrons. The van der Waals surface area contributed by atoms with E-state index in [-0.39, 0.29) is 30.0 Å². The molecule has 0 spiro atoms. The second-order valence-corrected chi connectivity index (χ2v) is 8.04. The number of anilines is 1. The van der Waals surface area contributed by atoms with Gasteiger partial charge in [-0.25, -0.2) is 9.18 Å². The highest BCUT2D eigenvalue weighted by molar-refractivity contribution is 5.90. The number of urea groups is 1. The Kier molecular flexibility index (Phi) is 5.44. The van der Waals surface area contributed by atoms with Crippen molar-refractivity contribution in [1.82, 2.24) is 9.80 Å². The van der Waals surface area contributed by atoms with Crippen LogP contribution in [0.2, 0.25) is 0 Å². The minimum atomic E-state index is -4.40.